The molecule has 0 spiro atoms. The lowest BCUT2D eigenvalue weighted by molar-refractivity contribution is 0.251. The number of amides is 2. The van der Waals surface area contributed by atoms with E-state index in [0.29, 0.717) is 6.54 Å². The largest absolute Gasteiger partial charge is 0.497 e. The van der Waals surface area contributed by atoms with Crippen LogP contribution in [-0.4, -0.2) is 32.8 Å². The summed E-state index contributed by atoms with van der Waals surface area (Å²) in [6, 6.07) is 14.2. The van der Waals surface area contributed by atoms with E-state index in [1.54, 1.807) is 7.11 Å². The predicted molar refractivity (Wildman–Crippen MR) is 116 cm³/mol. The zero-order valence-electron chi connectivity index (χ0n) is 17.3. The van der Waals surface area contributed by atoms with E-state index in [-0.39, 0.29) is 11.4 Å². The Morgan fingerprint density at radius 3 is 2.32 bits per heavy atom. The molecule has 0 saturated heterocycles. The van der Waals surface area contributed by atoms with E-state index in [9.17, 15) is 4.79 Å². The zero-order valence-corrected chi connectivity index (χ0v) is 17.3. The van der Waals surface area contributed by atoms with E-state index in [1.807, 2.05) is 25.1 Å². The molecule has 1 aliphatic carbocycles. The van der Waals surface area contributed by atoms with Crippen LogP contribution in [0.1, 0.15) is 37.8 Å². The molecule has 0 aromatic heterocycles. The maximum absolute atomic E-state index is 12.4. The molecule has 1 aliphatic rings. The van der Waals surface area contributed by atoms with Crippen molar-refractivity contribution >= 4 is 17.4 Å². The van der Waals surface area contributed by atoms with Gasteiger partial charge >= 0.3 is 6.03 Å². The summed E-state index contributed by atoms with van der Waals surface area (Å²) in [6.07, 6.45) is 2.19. The van der Waals surface area contributed by atoms with Gasteiger partial charge in [0.1, 0.15) is 5.75 Å². The first-order valence-corrected chi connectivity index (χ1v) is 10.1. The summed E-state index contributed by atoms with van der Waals surface area (Å²) in [5, 5.41) is 6.05. The molecule has 0 bridgehead atoms. The number of anilines is 2. The first kappa shape index (κ1) is 20.1. The average molecular weight is 382 g/mol. The van der Waals surface area contributed by atoms with Crippen LogP contribution in [0.4, 0.5) is 16.2 Å². The van der Waals surface area contributed by atoms with Crippen molar-refractivity contribution in [2.45, 2.75) is 39.0 Å². The van der Waals surface area contributed by atoms with Gasteiger partial charge in [0.15, 0.2) is 0 Å². The molecule has 2 amide bonds. The quantitative estimate of drug-likeness (QED) is 0.697. The van der Waals surface area contributed by atoms with Gasteiger partial charge < -0.3 is 20.3 Å². The van der Waals surface area contributed by atoms with E-state index < -0.39 is 0 Å². The highest BCUT2D eigenvalue weighted by Gasteiger charge is 2.44. The van der Waals surface area contributed by atoms with Gasteiger partial charge in [0, 0.05) is 36.4 Å². The van der Waals surface area contributed by atoms with E-state index in [1.165, 1.54) is 11.3 Å². The molecule has 2 N–H and O–H groups in total. The fourth-order valence-corrected chi connectivity index (χ4v) is 3.65. The molecule has 0 radical (unpaired) electrons. The Kier molecular flexibility index (Phi) is 6.12. The van der Waals surface area contributed by atoms with Crippen LogP contribution in [0.2, 0.25) is 0 Å². The normalized spacial score (nSPS) is 14.3. The van der Waals surface area contributed by atoms with Crippen molar-refractivity contribution < 1.29 is 9.53 Å². The number of carbonyl (C=O) groups excluding carboxylic acids is 1. The van der Waals surface area contributed by atoms with Gasteiger partial charge in [-0.15, -0.1) is 0 Å². The van der Waals surface area contributed by atoms with Gasteiger partial charge in [-0.1, -0.05) is 12.1 Å². The fraction of sp³-hybridized carbons (Fsp3) is 0.435. The number of carbonyl (C=O) groups is 1. The van der Waals surface area contributed by atoms with Crippen molar-refractivity contribution in [2.24, 2.45) is 0 Å². The minimum Gasteiger partial charge on any atom is -0.497 e. The number of hydrogen-bond donors (Lipinski definition) is 2. The Morgan fingerprint density at radius 2 is 1.79 bits per heavy atom. The highest BCUT2D eigenvalue weighted by molar-refractivity contribution is 5.90. The first-order valence-electron chi connectivity index (χ1n) is 10.1. The van der Waals surface area contributed by atoms with Gasteiger partial charge in [-0.3, -0.25) is 0 Å². The summed E-state index contributed by atoms with van der Waals surface area (Å²) >= 11 is 0. The SMILES string of the molecule is CCN(CC)c1ccc(NC(=O)NCC2(c3ccc(OC)cc3)CC2)c(C)c1. The topological polar surface area (TPSA) is 53.6 Å². The first-order chi connectivity index (χ1) is 13.5. The Labute approximate surface area is 168 Å². The number of aryl methyl sites for hydroxylation is 1. The molecule has 0 aliphatic heterocycles. The number of urea groups is 1. The van der Waals surface area contributed by atoms with Crippen LogP contribution in [0.15, 0.2) is 42.5 Å². The van der Waals surface area contributed by atoms with Gasteiger partial charge in [-0.2, -0.15) is 0 Å². The Bertz CT molecular complexity index is 809. The van der Waals surface area contributed by atoms with Crippen LogP contribution in [0, 0.1) is 6.92 Å². The second-order valence-corrected chi connectivity index (χ2v) is 7.49. The van der Waals surface area contributed by atoms with E-state index in [4.69, 9.17) is 4.74 Å². The summed E-state index contributed by atoms with van der Waals surface area (Å²) < 4.78 is 5.23. The zero-order chi connectivity index (χ0) is 20.1. The maximum atomic E-state index is 12.4. The summed E-state index contributed by atoms with van der Waals surface area (Å²) in [7, 11) is 1.67. The van der Waals surface area contributed by atoms with Gasteiger partial charge in [0.05, 0.1) is 7.11 Å². The third-order valence-electron chi connectivity index (χ3n) is 5.73. The minimum atomic E-state index is -0.154. The minimum absolute atomic E-state index is 0.0608. The number of methoxy groups -OCH3 is 1. The second kappa shape index (κ2) is 8.55. The van der Waals surface area contributed by atoms with E-state index in [2.05, 4.69) is 53.6 Å². The highest BCUT2D eigenvalue weighted by Crippen LogP contribution is 2.47. The third kappa shape index (κ3) is 4.41. The number of hydrogen-bond acceptors (Lipinski definition) is 3. The van der Waals surface area contributed by atoms with Crippen molar-refractivity contribution in [3.05, 3.63) is 53.6 Å². The molecule has 0 unspecified atom stereocenters. The van der Waals surface area contributed by atoms with Crippen LogP contribution in [0.5, 0.6) is 5.75 Å². The summed E-state index contributed by atoms with van der Waals surface area (Å²) in [5.74, 6) is 0.855. The summed E-state index contributed by atoms with van der Waals surface area (Å²) in [5.41, 5.74) is 4.42. The Balaban J connectivity index is 1.58. The molecular weight excluding hydrogens is 350 g/mol. The molecule has 1 fully saturated rings. The summed E-state index contributed by atoms with van der Waals surface area (Å²) in [6.45, 7) is 8.90. The Morgan fingerprint density at radius 1 is 1.11 bits per heavy atom. The number of rotatable bonds is 8. The van der Waals surface area contributed by atoms with Crippen LogP contribution in [-0.2, 0) is 5.41 Å². The monoisotopic (exact) mass is 381 g/mol. The predicted octanol–water partition coefficient (Wildman–Crippen LogP) is 4.70. The van der Waals surface area contributed by atoms with Crippen molar-refractivity contribution in [1.29, 1.82) is 0 Å². The molecule has 0 heterocycles. The molecule has 150 valence electrons. The number of nitrogens with zero attached hydrogens (tertiary/aromatic N) is 1. The molecule has 5 nitrogen and oxygen atoms in total. The Hall–Kier alpha value is -2.69. The number of nitrogens with one attached hydrogen (secondary N) is 2. The maximum Gasteiger partial charge on any atom is 0.319 e. The van der Waals surface area contributed by atoms with Crippen LogP contribution in [0.25, 0.3) is 0 Å². The van der Waals surface area contributed by atoms with Gasteiger partial charge in [0.2, 0.25) is 0 Å². The second-order valence-electron chi connectivity index (χ2n) is 7.49. The van der Waals surface area contributed by atoms with Crippen LogP contribution < -0.4 is 20.3 Å². The van der Waals surface area contributed by atoms with Crippen molar-refractivity contribution in [1.82, 2.24) is 5.32 Å². The average Bonchev–Trinajstić information content (AvgIpc) is 3.51. The van der Waals surface area contributed by atoms with Gasteiger partial charge in [0.25, 0.3) is 0 Å². The van der Waals surface area contributed by atoms with Crippen LogP contribution in [0.3, 0.4) is 0 Å². The number of ether oxygens (including phenoxy) is 1. The van der Waals surface area contributed by atoms with Crippen molar-refractivity contribution in [2.75, 3.05) is 37.0 Å². The fourth-order valence-electron chi connectivity index (χ4n) is 3.65. The van der Waals surface area contributed by atoms with Crippen LogP contribution >= 0.6 is 0 Å². The molecule has 28 heavy (non-hydrogen) atoms. The third-order valence-corrected chi connectivity index (χ3v) is 5.73. The molecule has 0 atom stereocenters. The lowest BCUT2D eigenvalue weighted by atomic mass is 9.96. The lowest BCUT2D eigenvalue weighted by Crippen LogP contribution is -2.35. The van der Waals surface area contributed by atoms with Gasteiger partial charge in [-0.05, 0) is 75.1 Å². The standard InChI is InChI=1S/C23H31N3O2/c1-5-26(6-2)19-9-12-21(17(3)15-19)25-22(27)24-16-23(13-14-23)18-7-10-20(28-4)11-8-18/h7-12,15H,5-6,13-14,16H2,1-4H3,(H2,24,25,27). The molecule has 2 aromatic carbocycles. The molecule has 3 rings (SSSR count). The summed E-state index contributed by atoms with van der Waals surface area (Å²) in [4.78, 5) is 14.7. The lowest BCUT2D eigenvalue weighted by Gasteiger charge is -2.22. The molecule has 5 heteroatoms. The smallest absolute Gasteiger partial charge is 0.319 e. The molecule has 1 saturated carbocycles. The highest BCUT2D eigenvalue weighted by atomic mass is 16.5. The molecular formula is C23H31N3O2. The number of benzene rings is 2. The van der Waals surface area contributed by atoms with Crippen molar-refractivity contribution in [3.63, 3.8) is 0 Å². The van der Waals surface area contributed by atoms with Crippen molar-refractivity contribution in [3.8, 4) is 5.75 Å². The van der Waals surface area contributed by atoms with E-state index in [0.717, 1.165) is 42.9 Å². The van der Waals surface area contributed by atoms with E-state index >= 15 is 0 Å². The molecule has 2 aromatic rings. The van der Waals surface area contributed by atoms with Gasteiger partial charge in [-0.25, -0.2) is 4.79 Å².